The third-order valence-corrected chi connectivity index (χ3v) is 5.68. The lowest BCUT2D eigenvalue weighted by atomic mass is 10.0. The number of anilines is 1. The Morgan fingerprint density at radius 2 is 2.00 bits per heavy atom. The third-order valence-electron chi connectivity index (χ3n) is 5.68. The summed E-state index contributed by atoms with van der Waals surface area (Å²) in [6, 6.07) is 20.6. The van der Waals surface area contributed by atoms with Crippen LogP contribution in [0.2, 0.25) is 0 Å². The summed E-state index contributed by atoms with van der Waals surface area (Å²) in [4.78, 5) is 17.6. The molecular weight excluding hydrogens is 436 g/mol. The fourth-order valence-corrected chi connectivity index (χ4v) is 3.70. The maximum atomic E-state index is 13.2. The molecule has 3 aromatic rings. The first-order chi connectivity index (χ1) is 16.9. The van der Waals surface area contributed by atoms with Gasteiger partial charge in [0.2, 0.25) is 5.91 Å². The summed E-state index contributed by atoms with van der Waals surface area (Å²) in [7, 11) is 1.80. The van der Waals surface area contributed by atoms with Crippen molar-refractivity contribution in [2.45, 2.75) is 26.3 Å². The van der Waals surface area contributed by atoms with E-state index < -0.39 is 6.04 Å². The minimum Gasteiger partial charge on any atom is -0.309 e. The summed E-state index contributed by atoms with van der Waals surface area (Å²) in [6.07, 6.45) is 4.31. The number of carbonyl (C=O) groups excluding carboxylic acids is 1. The van der Waals surface area contributed by atoms with Crippen LogP contribution in [0.3, 0.4) is 0 Å². The minimum atomic E-state index is -0.537. The number of allylic oxidation sites excluding steroid dienone is 1. The standard InChI is InChI=1S/C28H30N6O/c1-20-16-22(17-29)10-11-23(20)14-15-31-27(24-8-6-5-7-9-24)28(35)33-26-13-12-25(18-32-26)21(2)19-34(4)30-3/h5-13,16,18-19,27,31H,3,14-15H2,1-2,4H3,(H,32,33,35)/b21-19+/t27-/m0/s1. The van der Waals surface area contributed by atoms with Crippen LogP contribution in [0.5, 0.6) is 0 Å². The van der Waals surface area contributed by atoms with Gasteiger partial charge in [-0.15, -0.1) is 0 Å². The summed E-state index contributed by atoms with van der Waals surface area (Å²) in [5.41, 5.74) is 5.63. The van der Waals surface area contributed by atoms with Crippen molar-refractivity contribution in [2.24, 2.45) is 5.10 Å². The Balaban J connectivity index is 1.69. The molecule has 2 N–H and O–H groups in total. The number of rotatable bonds is 10. The Kier molecular flexibility index (Phi) is 8.88. The van der Waals surface area contributed by atoms with E-state index in [-0.39, 0.29) is 5.91 Å². The van der Waals surface area contributed by atoms with E-state index in [9.17, 15) is 4.79 Å². The third kappa shape index (κ3) is 7.10. The molecule has 0 saturated heterocycles. The fourth-order valence-electron chi connectivity index (χ4n) is 3.70. The van der Waals surface area contributed by atoms with Gasteiger partial charge in [0.15, 0.2) is 0 Å². The average molecular weight is 467 g/mol. The van der Waals surface area contributed by atoms with Gasteiger partial charge >= 0.3 is 0 Å². The van der Waals surface area contributed by atoms with E-state index in [2.05, 4.69) is 33.5 Å². The number of nitriles is 1. The monoisotopic (exact) mass is 466 g/mol. The molecule has 0 radical (unpaired) electrons. The summed E-state index contributed by atoms with van der Waals surface area (Å²) < 4.78 is 0. The van der Waals surface area contributed by atoms with Crippen LogP contribution >= 0.6 is 0 Å². The topological polar surface area (TPSA) is 93.4 Å². The maximum absolute atomic E-state index is 13.2. The SMILES string of the molecule is C=NN(C)/C=C(\C)c1ccc(NC(=O)[C@@H](NCCc2ccc(C#N)cc2C)c2ccccc2)nc1. The number of pyridine rings is 1. The minimum absolute atomic E-state index is 0.184. The molecule has 2 aromatic carbocycles. The van der Waals surface area contributed by atoms with Crippen molar-refractivity contribution in [3.05, 3.63) is 101 Å². The van der Waals surface area contributed by atoms with Crippen molar-refractivity contribution in [1.82, 2.24) is 15.3 Å². The molecule has 0 spiro atoms. The molecule has 0 aliphatic rings. The van der Waals surface area contributed by atoms with Gasteiger partial charge in [-0.25, -0.2) is 4.98 Å². The zero-order valence-electron chi connectivity index (χ0n) is 20.3. The number of nitrogens with zero attached hydrogens (tertiary/aromatic N) is 4. The largest absolute Gasteiger partial charge is 0.309 e. The number of benzene rings is 2. The van der Waals surface area contributed by atoms with Gasteiger partial charge in [-0.3, -0.25) is 9.80 Å². The van der Waals surface area contributed by atoms with Crippen LogP contribution in [0.15, 0.2) is 78.2 Å². The second kappa shape index (κ2) is 12.3. The molecule has 0 saturated carbocycles. The second-order valence-corrected chi connectivity index (χ2v) is 8.25. The van der Waals surface area contributed by atoms with E-state index in [1.54, 1.807) is 24.3 Å². The first kappa shape index (κ1) is 25.3. The van der Waals surface area contributed by atoms with E-state index >= 15 is 0 Å². The molecule has 1 heterocycles. The summed E-state index contributed by atoms with van der Waals surface area (Å²) in [5, 5.41) is 20.8. The summed E-state index contributed by atoms with van der Waals surface area (Å²) in [5.74, 6) is 0.295. The normalized spacial score (nSPS) is 11.9. The lowest BCUT2D eigenvalue weighted by molar-refractivity contribution is -0.118. The Morgan fingerprint density at radius 3 is 2.63 bits per heavy atom. The van der Waals surface area contributed by atoms with Gasteiger partial charge in [-0.1, -0.05) is 36.4 Å². The molecule has 1 atom stereocenters. The fraction of sp³-hybridized carbons (Fsp3) is 0.214. The Hall–Kier alpha value is -4.28. The molecule has 7 heteroatoms. The predicted octanol–water partition coefficient (Wildman–Crippen LogP) is 4.68. The van der Waals surface area contributed by atoms with Crippen LogP contribution in [0.4, 0.5) is 5.82 Å². The lowest BCUT2D eigenvalue weighted by Crippen LogP contribution is -2.34. The number of nitrogens with one attached hydrogen (secondary N) is 2. The predicted molar refractivity (Wildman–Crippen MR) is 141 cm³/mol. The van der Waals surface area contributed by atoms with Crippen molar-refractivity contribution < 1.29 is 4.79 Å². The molecule has 3 rings (SSSR count). The van der Waals surface area contributed by atoms with Gasteiger partial charge in [0.1, 0.15) is 11.9 Å². The second-order valence-electron chi connectivity index (χ2n) is 8.25. The van der Waals surface area contributed by atoms with Gasteiger partial charge in [0.25, 0.3) is 0 Å². The van der Waals surface area contributed by atoms with Gasteiger partial charge in [-0.2, -0.15) is 10.4 Å². The molecule has 0 bridgehead atoms. The molecule has 35 heavy (non-hydrogen) atoms. The summed E-state index contributed by atoms with van der Waals surface area (Å²) in [6.45, 7) is 8.05. The average Bonchev–Trinajstić information content (AvgIpc) is 2.88. The molecule has 1 aromatic heterocycles. The highest BCUT2D eigenvalue weighted by atomic mass is 16.2. The van der Waals surface area contributed by atoms with E-state index in [1.165, 1.54) is 0 Å². The van der Waals surface area contributed by atoms with E-state index in [4.69, 9.17) is 5.26 Å². The molecule has 0 aliphatic carbocycles. The molecule has 1 amide bonds. The van der Waals surface area contributed by atoms with Crippen LogP contribution in [-0.2, 0) is 11.2 Å². The highest BCUT2D eigenvalue weighted by Crippen LogP contribution is 2.19. The van der Waals surface area contributed by atoms with Crippen molar-refractivity contribution in [2.75, 3.05) is 18.9 Å². The number of aromatic nitrogens is 1. The van der Waals surface area contributed by atoms with Crippen molar-refractivity contribution in [3.8, 4) is 6.07 Å². The van der Waals surface area contributed by atoms with Gasteiger partial charge in [0, 0.05) is 32.7 Å². The van der Waals surface area contributed by atoms with Crippen molar-refractivity contribution in [3.63, 3.8) is 0 Å². The number of hydrogen-bond acceptors (Lipinski definition) is 6. The highest BCUT2D eigenvalue weighted by molar-refractivity contribution is 5.94. The van der Waals surface area contributed by atoms with Crippen LogP contribution in [0.25, 0.3) is 5.57 Å². The Labute approximate surface area is 206 Å². The summed E-state index contributed by atoms with van der Waals surface area (Å²) >= 11 is 0. The molecule has 0 fully saturated rings. The molecule has 0 aliphatic heterocycles. The van der Waals surface area contributed by atoms with Gasteiger partial charge in [-0.05, 0) is 72.4 Å². The Bertz CT molecular complexity index is 1230. The quantitative estimate of drug-likeness (QED) is 0.334. The Morgan fingerprint density at radius 1 is 1.23 bits per heavy atom. The number of amides is 1. The number of hydrazone groups is 1. The number of aryl methyl sites for hydroxylation is 1. The first-order valence-electron chi connectivity index (χ1n) is 11.3. The molecule has 178 valence electrons. The van der Waals surface area contributed by atoms with Crippen LogP contribution in [0.1, 0.15) is 40.8 Å². The first-order valence-corrected chi connectivity index (χ1v) is 11.3. The van der Waals surface area contributed by atoms with Gasteiger partial charge in [0.05, 0.1) is 11.6 Å². The molecular formula is C28H30N6O. The molecule has 7 nitrogen and oxygen atoms in total. The smallest absolute Gasteiger partial charge is 0.247 e. The van der Waals surface area contributed by atoms with E-state index in [1.807, 2.05) is 74.6 Å². The van der Waals surface area contributed by atoms with Crippen molar-refractivity contribution >= 4 is 24.0 Å². The highest BCUT2D eigenvalue weighted by Gasteiger charge is 2.20. The lowest BCUT2D eigenvalue weighted by Gasteiger charge is -2.19. The maximum Gasteiger partial charge on any atom is 0.247 e. The van der Waals surface area contributed by atoms with Crippen LogP contribution < -0.4 is 10.6 Å². The van der Waals surface area contributed by atoms with Crippen LogP contribution in [0, 0.1) is 18.3 Å². The van der Waals surface area contributed by atoms with Gasteiger partial charge < -0.3 is 10.6 Å². The van der Waals surface area contributed by atoms with E-state index in [0.717, 1.165) is 34.2 Å². The van der Waals surface area contributed by atoms with E-state index in [0.29, 0.717) is 17.9 Å². The molecule has 0 unspecified atom stereocenters. The van der Waals surface area contributed by atoms with Crippen LogP contribution in [-0.4, -0.2) is 36.2 Å². The zero-order valence-corrected chi connectivity index (χ0v) is 20.3. The number of hydrogen-bond donors (Lipinski definition) is 2. The zero-order chi connectivity index (χ0) is 25.2. The van der Waals surface area contributed by atoms with Crippen molar-refractivity contribution in [1.29, 1.82) is 5.26 Å². The number of carbonyl (C=O) groups is 1.